The number of benzene rings is 1. The molecule has 0 radical (unpaired) electrons. The van der Waals surface area contributed by atoms with Gasteiger partial charge in [0, 0.05) is 17.7 Å². The van der Waals surface area contributed by atoms with Crippen LogP contribution in [-0.4, -0.2) is 101 Å². The highest BCUT2D eigenvalue weighted by molar-refractivity contribution is 8.00. The first-order valence-electron chi connectivity index (χ1n) is 14.9. The van der Waals surface area contributed by atoms with E-state index < -0.39 is 63.9 Å². The quantitative estimate of drug-likeness (QED) is 0.0869. The second-order valence-corrected chi connectivity index (χ2v) is 13.6. The maximum absolute atomic E-state index is 13.3. The number of allylic oxidation sites excluding steroid dienone is 2. The minimum Gasteiger partial charge on any atom is -0.508 e. The van der Waals surface area contributed by atoms with Gasteiger partial charge in [0.1, 0.15) is 40.9 Å². The van der Waals surface area contributed by atoms with Crippen molar-refractivity contribution in [2.24, 2.45) is 10.3 Å². The van der Waals surface area contributed by atoms with Gasteiger partial charge in [-0.1, -0.05) is 40.6 Å². The van der Waals surface area contributed by atoms with E-state index in [9.17, 15) is 44.4 Å². The number of aromatic nitrogens is 1. The summed E-state index contributed by atoms with van der Waals surface area (Å²) in [5, 5.41) is 53.0. The summed E-state index contributed by atoms with van der Waals surface area (Å²) in [6.45, 7) is 2.17. The Morgan fingerprint density at radius 2 is 1.88 bits per heavy atom. The zero-order valence-corrected chi connectivity index (χ0v) is 28.5. The number of carboxylic acid groups (broad SMARTS) is 2. The Hall–Kier alpha value is -5.89. The number of anilines is 1. The van der Waals surface area contributed by atoms with Gasteiger partial charge in [0.15, 0.2) is 16.6 Å². The summed E-state index contributed by atoms with van der Waals surface area (Å²) in [5.74, 6) is -6.24. The highest BCUT2D eigenvalue weighted by atomic mass is 32.2. The topological polar surface area (TPSA) is 276 Å². The summed E-state index contributed by atoms with van der Waals surface area (Å²) >= 11 is 2.10. The van der Waals surface area contributed by atoms with Crippen molar-refractivity contribution in [1.29, 1.82) is 0 Å². The predicted molar refractivity (Wildman–Crippen MR) is 182 cm³/mol. The van der Waals surface area contributed by atoms with Crippen LogP contribution in [-0.2, 0) is 40.3 Å². The van der Waals surface area contributed by atoms with Gasteiger partial charge >= 0.3 is 11.9 Å². The van der Waals surface area contributed by atoms with Gasteiger partial charge in [0.2, 0.25) is 5.60 Å². The monoisotopic (exact) mass is 741 g/mol. The molecule has 1 aromatic heterocycles. The Kier molecular flexibility index (Phi) is 10.7. The van der Waals surface area contributed by atoms with E-state index in [0.29, 0.717) is 0 Å². The second kappa shape index (κ2) is 14.9. The molecule has 2 atom stereocenters. The van der Waals surface area contributed by atoms with E-state index in [4.69, 9.17) is 15.4 Å². The van der Waals surface area contributed by atoms with E-state index in [0.717, 1.165) is 39.6 Å². The number of aliphatic carboxylic acids is 2. The largest absolute Gasteiger partial charge is 0.508 e. The SMILES string of the molecule is CC(C)(O/N=C(\C(=O)NC1C(=O)N2C(C(=O)O)=C(CNC(=O)C3=CC(O)=C(O)CC3=NOCc3ccccc3)CS[C@@H]12)c1csc(N)n1)C(=O)O. The number of rotatable bonds is 13. The van der Waals surface area contributed by atoms with Gasteiger partial charge in [-0.05, 0) is 31.1 Å². The first-order chi connectivity index (χ1) is 24.2. The maximum Gasteiger partial charge on any atom is 0.352 e. The van der Waals surface area contributed by atoms with Crippen LogP contribution in [0.4, 0.5) is 5.13 Å². The zero-order valence-electron chi connectivity index (χ0n) is 26.9. The smallest absolute Gasteiger partial charge is 0.352 e. The van der Waals surface area contributed by atoms with Crippen LogP contribution in [0.1, 0.15) is 31.5 Å². The Balaban J connectivity index is 1.28. The third kappa shape index (κ3) is 7.96. The molecule has 1 aromatic carbocycles. The van der Waals surface area contributed by atoms with Crippen LogP contribution in [0.5, 0.6) is 0 Å². The normalized spacial score (nSPS) is 19.9. The number of nitrogen functional groups attached to an aromatic ring is 1. The number of amides is 3. The summed E-state index contributed by atoms with van der Waals surface area (Å²) in [4.78, 5) is 79.2. The Bertz CT molecular complexity index is 1940. The molecule has 5 rings (SSSR count). The molecular weight excluding hydrogens is 711 g/mol. The van der Waals surface area contributed by atoms with Crippen molar-refractivity contribution in [3.05, 3.63) is 81.4 Å². The van der Waals surface area contributed by atoms with Gasteiger partial charge in [0.25, 0.3) is 17.7 Å². The number of aliphatic hydroxyl groups excluding tert-OH is 2. The fraction of sp³-hybridized carbons (Fsp3) is 0.290. The number of carbonyl (C=O) groups is 5. The molecule has 1 saturated heterocycles. The first kappa shape index (κ1) is 36.4. The van der Waals surface area contributed by atoms with E-state index in [-0.39, 0.29) is 58.7 Å². The lowest BCUT2D eigenvalue weighted by Gasteiger charge is -2.49. The van der Waals surface area contributed by atoms with Gasteiger partial charge in [-0.15, -0.1) is 23.1 Å². The van der Waals surface area contributed by atoms with Gasteiger partial charge < -0.3 is 46.5 Å². The zero-order chi connectivity index (χ0) is 37.0. The number of nitrogens with one attached hydrogen (secondary N) is 2. The molecule has 0 saturated carbocycles. The molecule has 1 aliphatic carbocycles. The average molecular weight is 742 g/mol. The third-order valence-electron chi connectivity index (χ3n) is 7.57. The molecule has 8 N–H and O–H groups in total. The summed E-state index contributed by atoms with van der Waals surface area (Å²) in [7, 11) is 0. The van der Waals surface area contributed by atoms with E-state index in [1.165, 1.54) is 19.2 Å². The van der Waals surface area contributed by atoms with E-state index in [1.54, 1.807) is 12.1 Å². The molecule has 1 unspecified atom stereocenters. The highest BCUT2D eigenvalue weighted by Gasteiger charge is 2.54. The van der Waals surface area contributed by atoms with Crippen LogP contribution in [0.3, 0.4) is 0 Å². The van der Waals surface area contributed by atoms with E-state index in [1.807, 2.05) is 18.2 Å². The number of aliphatic hydroxyl groups is 2. The number of nitrogens with two attached hydrogens (primary N) is 1. The van der Waals surface area contributed by atoms with Crippen molar-refractivity contribution in [1.82, 2.24) is 20.5 Å². The molecule has 3 amide bonds. The van der Waals surface area contributed by atoms with Gasteiger partial charge in [-0.25, -0.2) is 14.6 Å². The molecule has 18 nitrogen and oxygen atoms in total. The summed E-state index contributed by atoms with van der Waals surface area (Å²) in [5.41, 5.74) is 3.85. The minimum atomic E-state index is -1.82. The van der Waals surface area contributed by atoms with Crippen molar-refractivity contribution < 1.29 is 54.1 Å². The molecule has 2 aromatic rings. The summed E-state index contributed by atoms with van der Waals surface area (Å²) < 4.78 is 0. The summed E-state index contributed by atoms with van der Waals surface area (Å²) in [6, 6.07) is 7.85. The molecule has 0 spiro atoms. The number of nitrogens with zero attached hydrogens (tertiary/aromatic N) is 4. The van der Waals surface area contributed by atoms with Gasteiger partial charge in [-0.3, -0.25) is 19.3 Å². The maximum atomic E-state index is 13.3. The van der Waals surface area contributed by atoms with Crippen LogP contribution in [0, 0.1) is 0 Å². The molecule has 1 fully saturated rings. The fourth-order valence-electron chi connectivity index (χ4n) is 4.80. The number of hydrogen-bond donors (Lipinski definition) is 7. The second-order valence-electron chi connectivity index (χ2n) is 11.6. The highest BCUT2D eigenvalue weighted by Crippen LogP contribution is 2.40. The molecular formula is C31H31N7O11S2. The molecule has 0 bridgehead atoms. The van der Waals surface area contributed by atoms with Crippen molar-refractivity contribution in [3.63, 3.8) is 0 Å². The number of carbonyl (C=O) groups excluding carboxylic acids is 3. The van der Waals surface area contributed by atoms with E-state index >= 15 is 0 Å². The van der Waals surface area contributed by atoms with Crippen LogP contribution >= 0.6 is 23.1 Å². The Morgan fingerprint density at radius 1 is 1.16 bits per heavy atom. The average Bonchev–Trinajstić information content (AvgIpc) is 3.52. The van der Waals surface area contributed by atoms with Gasteiger partial charge in [0.05, 0.1) is 12.0 Å². The number of thioether (sulfide) groups is 1. The molecule has 3 aliphatic rings. The lowest BCUT2D eigenvalue weighted by Crippen LogP contribution is -2.71. The van der Waals surface area contributed by atoms with Crippen molar-refractivity contribution in [2.45, 2.75) is 43.9 Å². The lowest BCUT2D eigenvalue weighted by molar-refractivity contribution is -0.161. The number of carboxylic acids is 2. The van der Waals surface area contributed by atoms with Crippen molar-refractivity contribution in [3.8, 4) is 0 Å². The van der Waals surface area contributed by atoms with Crippen LogP contribution in [0.2, 0.25) is 0 Å². The van der Waals surface area contributed by atoms with Crippen molar-refractivity contribution >= 4 is 69.3 Å². The molecule has 20 heteroatoms. The number of oxime groups is 2. The van der Waals surface area contributed by atoms with Crippen LogP contribution < -0.4 is 16.4 Å². The Morgan fingerprint density at radius 3 is 2.53 bits per heavy atom. The molecule has 51 heavy (non-hydrogen) atoms. The predicted octanol–water partition coefficient (Wildman–Crippen LogP) is 1.39. The third-order valence-corrected chi connectivity index (χ3v) is 9.59. The van der Waals surface area contributed by atoms with E-state index in [2.05, 4.69) is 25.9 Å². The Labute approximate surface area is 297 Å². The number of β-lactam (4-membered cyclic amide) rings is 1. The number of fused-ring (bicyclic) bond motifs is 1. The molecule has 2 aliphatic heterocycles. The number of hydrogen-bond acceptors (Lipinski definition) is 15. The van der Waals surface area contributed by atoms with Crippen LogP contribution in [0.15, 0.2) is 80.5 Å². The first-order valence-corrected chi connectivity index (χ1v) is 16.9. The fourth-order valence-corrected chi connectivity index (χ4v) is 6.69. The minimum absolute atomic E-state index is 0.0147. The lowest BCUT2D eigenvalue weighted by atomic mass is 9.99. The van der Waals surface area contributed by atoms with Crippen LogP contribution in [0.25, 0.3) is 0 Å². The summed E-state index contributed by atoms with van der Waals surface area (Å²) in [6.07, 6.45) is 0.704. The molecule has 268 valence electrons. The van der Waals surface area contributed by atoms with Gasteiger partial charge in [-0.2, -0.15) is 0 Å². The molecule has 3 heterocycles. The van der Waals surface area contributed by atoms with Crippen molar-refractivity contribution in [2.75, 3.05) is 18.0 Å². The number of thiazole rings is 1. The standard InChI is InChI=1S/C31H31N7O11S2/c1-31(2,29(46)47)49-37-21(18-13-51-30(32)34-18)25(42)35-22-26(43)38-23(28(44)45)15(12-50-27(22)38)10-33-24(41)16-8-19(39)20(40)9-17(16)36-48-11-14-6-4-3-5-7-14/h3-8,13,22,27,39-40H,9-12H2,1-2H3,(H2,32,34)(H,33,41)(H,35,42)(H,44,45)(H,46,47)/b36-17?,37-21-/t22?,27-/m0/s1.